The molecule has 1 aliphatic rings. The van der Waals surface area contributed by atoms with Gasteiger partial charge in [-0.05, 0) is 18.1 Å². The van der Waals surface area contributed by atoms with Crippen LogP contribution in [0.5, 0.6) is 0 Å². The van der Waals surface area contributed by atoms with E-state index in [1.165, 1.54) is 18.2 Å². The third-order valence-corrected chi connectivity index (χ3v) is 3.75. The van der Waals surface area contributed by atoms with E-state index in [1.54, 1.807) is 19.9 Å². The van der Waals surface area contributed by atoms with Crippen molar-refractivity contribution >= 4 is 23.2 Å². The number of benzene rings is 1. The fourth-order valence-electron chi connectivity index (χ4n) is 2.08. The van der Waals surface area contributed by atoms with Gasteiger partial charge in [-0.1, -0.05) is 37.6 Å². The molecule has 1 N–H and O–H groups in total. The number of rotatable bonds is 2. The summed E-state index contributed by atoms with van der Waals surface area (Å²) in [6.45, 7) is 3.28. The van der Waals surface area contributed by atoms with Gasteiger partial charge in [0.25, 0.3) is 11.6 Å². The van der Waals surface area contributed by atoms with E-state index < -0.39 is 24.2 Å². The average Bonchev–Trinajstić information content (AvgIpc) is 2.78. The molecule has 1 atom stereocenters. The maximum absolute atomic E-state index is 13.3. The maximum Gasteiger partial charge on any atom is 0.438 e. The summed E-state index contributed by atoms with van der Waals surface area (Å²) in [5, 5.41) is 13.8. The van der Waals surface area contributed by atoms with Gasteiger partial charge in [0, 0.05) is 12.1 Å². The average molecular weight is 335 g/mol. The molecule has 120 valence electrons. The molecule has 2 rings (SSSR count). The largest absolute Gasteiger partial charge is 0.438 e. The van der Waals surface area contributed by atoms with E-state index in [0.29, 0.717) is 0 Å². The second-order valence-corrected chi connectivity index (χ2v) is 5.74. The van der Waals surface area contributed by atoms with Crippen molar-refractivity contribution in [2.24, 2.45) is 11.0 Å². The van der Waals surface area contributed by atoms with Crippen LogP contribution in [0.4, 0.5) is 13.2 Å². The minimum Gasteiger partial charge on any atom is -0.362 e. The van der Waals surface area contributed by atoms with Crippen LogP contribution >= 0.6 is 11.6 Å². The first kappa shape index (κ1) is 16.8. The van der Waals surface area contributed by atoms with Crippen LogP contribution < -0.4 is 0 Å². The summed E-state index contributed by atoms with van der Waals surface area (Å²) in [6, 6.07) is 5.67. The number of amides is 1. The van der Waals surface area contributed by atoms with E-state index in [4.69, 9.17) is 11.6 Å². The zero-order chi connectivity index (χ0) is 16.7. The van der Waals surface area contributed by atoms with Gasteiger partial charge in [-0.3, -0.25) is 4.79 Å². The molecule has 0 radical (unpaired) electrons. The van der Waals surface area contributed by atoms with Crippen molar-refractivity contribution in [3.8, 4) is 0 Å². The van der Waals surface area contributed by atoms with Gasteiger partial charge >= 0.3 is 6.18 Å². The number of alkyl halides is 3. The van der Waals surface area contributed by atoms with Crippen molar-refractivity contribution in [3.05, 3.63) is 34.9 Å². The Morgan fingerprint density at radius 3 is 2.50 bits per heavy atom. The summed E-state index contributed by atoms with van der Waals surface area (Å²) in [7, 11) is 0. The zero-order valence-electron chi connectivity index (χ0n) is 11.9. The molecule has 0 spiro atoms. The summed E-state index contributed by atoms with van der Waals surface area (Å²) in [5.74, 6) is -1.43. The number of hydrogen-bond donors (Lipinski definition) is 1. The van der Waals surface area contributed by atoms with Gasteiger partial charge in [0.1, 0.15) is 0 Å². The molecule has 0 saturated carbocycles. The molecule has 1 heterocycles. The Hall–Kier alpha value is -1.60. The minimum absolute atomic E-state index is 0.00905. The van der Waals surface area contributed by atoms with E-state index in [0.717, 1.165) is 0 Å². The molecule has 1 aromatic carbocycles. The first-order chi connectivity index (χ1) is 10.1. The standard InChI is InChI=1S/C14H14ClF3N2O2/c1-8(2)11-7-13(22,14(16,17)18)20(19-11)12(21)9-5-3-4-6-10(9)15/h3-6,8,22H,7H2,1-2H3. The topological polar surface area (TPSA) is 52.9 Å². The van der Waals surface area contributed by atoms with Gasteiger partial charge in [0.05, 0.1) is 10.6 Å². The molecule has 1 unspecified atom stereocenters. The Labute approximate surface area is 130 Å². The lowest BCUT2D eigenvalue weighted by molar-refractivity contribution is -0.297. The van der Waals surface area contributed by atoms with Crippen LogP contribution in [0.25, 0.3) is 0 Å². The first-order valence-electron chi connectivity index (χ1n) is 6.53. The van der Waals surface area contributed by atoms with Crippen LogP contribution in [-0.2, 0) is 0 Å². The van der Waals surface area contributed by atoms with Crippen LogP contribution in [0.2, 0.25) is 5.02 Å². The lowest BCUT2D eigenvalue weighted by Crippen LogP contribution is -2.56. The zero-order valence-corrected chi connectivity index (χ0v) is 12.6. The van der Waals surface area contributed by atoms with Crippen molar-refractivity contribution in [1.82, 2.24) is 5.01 Å². The predicted octanol–water partition coefficient (Wildman–Crippen LogP) is 3.45. The molecule has 1 amide bonds. The van der Waals surface area contributed by atoms with Gasteiger partial charge in [0.2, 0.25) is 0 Å². The molecule has 1 aliphatic heterocycles. The van der Waals surface area contributed by atoms with E-state index in [-0.39, 0.29) is 27.2 Å². The third-order valence-electron chi connectivity index (χ3n) is 3.42. The third kappa shape index (κ3) is 2.70. The Kier molecular flexibility index (Phi) is 4.23. The number of nitrogens with zero attached hydrogens (tertiary/aromatic N) is 2. The van der Waals surface area contributed by atoms with Crippen molar-refractivity contribution in [2.75, 3.05) is 0 Å². The van der Waals surface area contributed by atoms with Gasteiger partial charge in [0.15, 0.2) is 0 Å². The van der Waals surface area contributed by atoms with Crippen molar-refractivity contribution in [2.45, 2.75) is 32.2 Å². The quantitative estimate of drug-likeness (QED) is 0.900. The summed E-state index contributed by atoms with van der Waals surface area (Å²) in [6.07, 6.45) is -5.81. The number of hydrogen-bond acceptors (Lipinski definition) is 3. The van der Waals surface area contributed by atoms with Gasteiger partial charge in [-0.15, -0.1) is 0 Å². The molecule has 0 aromatic heterocycles. The second kappa shape index (κ2) is 5.55. The fourth-order valence-corrected chi connectivity index (χ4v) is 2.29. The monoisotopic (exact) mass is 334 g/mol. The predicted molar refractivity (Wildman–Crippen MR) is 75.5 cm³/mol. The second-order valence-electron chi connectivity index (χ2n) is 5.33. The van der Waals surface area contributed by atoms with Gasteiger partial charge in [-0.25, -0.2) is 0 Å². The van der Waals surface area contributed by atoms with Crippen LogP contribution in [0.15, 0.2) is 29.4 Å². The number of halogens is 4. The number of hydrazone groups is 1. The normalized spacial score (nSPS) is 22.2. The molecule has 0 aliphatic carbocycles. The Morgan fingerprint density at radius 2 is 2.00 bits per heavy atom. The van der Waals surface area contributed by atoms with E-state index in [1.807, 2.05) is 0 Å². The molecule has 22 heavy (non-hydrogen) atoms. The summed E-state index contributed by atoms with van der Waals surface area (Å²) >= 11 is 5.84. The maximum atomic E-state index is 13.3. The highest BCUT2D eigenvalue weighted by molar-refractivity contribution is 6.33. The molecule has 1 aromatic rings. The van der Waals surface area contributed by atoms with Crippen molar-refractivity contribution in [1.29, 1.82) is 0 Å². The highest BCUT2D eigenvalue weighted by atomic mass is 35.5. The molecule has 4 nitrogen and oxygen atoms in total. The summed E-state index contributed by atoms with van der Waals surface area (Å²) in [4.78, 5) is 12.4. The van der Waals surface area contributed by atoms with E-state index in [2.05, 4.69) is 5.10 Å². The fraction of sp³-hybridized carbons (Fsp3) is 0.429. The molecule has 0 fully saturated rings. The lowest BCUT2D eigenvalue weighted by atomic mass is 9.99. The van der Waals surface area contributed by atoms with Crippen LogP contribution in [0, 0.1) is 5.92 Å². The SMILES string of the molecule is CC(C)C1=NN(C(=O)c2ccccc2Cl)C(O)(C(F)(F)F)C1. The molecule has 0 bridgehead atoms. The minimum atomic E-state index is -5.04. The number of carbonyl (C=O) groups is 1. The van der Waals surface area contributed by atoms with Crippen LogP contribution in [0.3, 0.4) is 0 Å². The molecular formula is C14H14ClF3N2O2. The molecule has 0 saturated heterocycles. The lowest BCUT2D eigenvalue weighted by Gasteiger charge is -2.32. The highest BCUT2D eigenvalue weighted by Crippen LogP contribution is 2.42. The smallest absolute Gasteiger partial charge is 0.362 e. The Bertz CT molecular complexity index is 631. The van der Waals surface area contributed by atoms with Crippen molar-refractivity contribution in [3.63, 3.8) is 0 Å². The summed E-state index contributed by atoms with van der Waals surface area (Å²) < 4.78 is 39.8. The Balaban J connectivity index is 2.49. The van der Waals surface area contributed by atoms with Gasteiger partial charge < -0.3 is 5.11 Å². The first-order valence-corrected chi connectivity index (χ1v) is 6.91. The Morgan fingerprint density at radius 1 is 1.41 bits per heavy atom. The molecule has 8 heteroatoms. The van der Waals surface area contributed by atoms with Crippen LogP contribution in [-0.4, -0.2) is 33.6 Å². The van der Waals surface area contributed by atoms with Gasteiger partial charge in [-0.2, -0.15) is 23.3 Å². The number of carbonyl (C=O) groups excluding carboxylic acids is 1. The highest BCUT2D eigenvalue weighted by Gasteiger charge is 2.63. The van der Waals surface area contributed by atoms with Crippen LogP contribution in [0.1, 0.15) is 30.6 Å². The number of aliphatic hydroxyl groups is 1. The van der Waals surface area contributed by atoms with E-state index in [9.17, 15) is 23.1 Å². The summed E-state index contributed by atoms with van der Waals surface area (Å²) in [5.41, 5.74) is -3.41. The van der Waals surface area contributed by atoms with E-state index >= 15 is 0 Å². The van der Waals surface area contributed by atoms with Crippen molar-refractivity contribution < 1.29 is 23.1 Å². The molecular weight excluding hydrogens is 321 g/mol.